The average Bonchev–Trinajstić information content (AvgIpc) is 2.70. The zero-order valence-corrected chi connectivity index (χ0v) is 20.3. The lowest BCUT2D eigenvalue weighted by molar-refractivity contribution is 0.379. The highest BCUT2D eigenvalue weighted by Gasteiger charge is 2.22. The van der Waals surface area contributed by atoms with E-state index in [0.29, 0.717) is 11.8 Å². The zero-order chi connectivity index (χ0) is 22.7. The first-order valence-electron chi connectivity index (χ1n) is 10.8. The summed E-state index contributed by atoms with van der Waals surface area (Å²) in [6.45, 7) is 27.5. The van der Waals surface area contributed by atoms with Gasteiger partial charge in [-0.15, -0.1) is 0 Å². The molecule has 0 aliphatic carbocycles. The van der Waals surface area contributed by atoms with Crippen LogP contribution in [0.5, 0.6) is 0 Å². The molecule has 2 heteroatoms. The number of hydrogen-bond donors (Lipinski definition) is 1. The molecular formula is C27H44N2. The molecule has 0 aliphatic heterocycles. The summed E-state index contributed by atoms with van der Waals surface area (Å²) < 4.78 is 0. The van der Waals surface area contributed by atoms with Crippen LogP contribution in [0.2, 0.25) is 0 Å². The van der Waals surface area contributed by atoms with Gasteiger partial charge in [-0.3, -0.25) is 0 Å². The molecule has 0 saturated heterocycles. The van der Waals surface area contributed by atoms with E-state index in [0.717, 1.165) is 34.7 Å². The molecule has 29 heavy (non-hydrogen) atoms. The van der Waals surface area contributed by atoms with Crippen LogP contribution in [0.4, 0.5) is 0 Å². The van der Waals surface area contributed by atoms with Crippen LogP contribution in [0.25, 0.3) is 0 Å². The van der Waals surface area contributed by atoms with Crippen molar-refractivity contribution in [2.45, 2.75) is 74.8 Å². The summed E-state index contributed by atoms with van der Waals surface area (Å²) in [5, 5.41) is 0. The van der Waals surface area contributed by atoms with Crippen molar-refractivity contribution in [3.05, 3.63) is 83.4 Å². The van der Waals surface area contributed by atoms with Crippen molar-refractivity contribution >= 4 is 0 Å². The molecule has 0 fully saturated rings. The second-order valence-electron chi connectivity index (χ2n) is 7.85. The lowest BCUT2D eigenvalue weighted by atomic mass is 9.87. The predicted molar refractivity (Wildman–Crippen MR) is 132 cm³/mol. The monoisotopic (exact) mass is 396 g/mol. The maximum atomic E-state index is 6.08. The van der Waals surface area contributed by atoms with Crippen LogP contribution in [0.15, 0.2) is 83.4 Å². The summed E-state index contributed by atoms with van der Waals surface area (Å²) in [5.41, 5.74) is 12.7. The fraction of sp³-hybridized carbons (Fsp3) is 0.481. The van der Waals surface area contributed by atoms with Crippen LogP contribution in [0.3, 0.4) is 0 Å². The van der Waals surface area contributed by atoms with Crippen LogP contribution in [0.1, 0.15) is 68.7 Å². The second kappa shape index (κ2) is 13.1. The molecule has 0 amide bonds. The fourth-order valence-corrected chi connectivity index (χ4v) is 3.68. The van der Waals surface area contributed by atoms with Crippen LogP contribution >= 0.6 is 0 Å². The second-order valence-corrected chi connectivity index (χ2v) is 7.85. The molecule has 3 atom stereocenters. The molecular weight excluding hydrogens is 352 g/mol. The number of hydrogen-bond acceptors (Lipinski definition) is 2. The Morgan fingerprint density at radius 3 is 1.97 bits per heavy atom. The Labute approximate surface area is 181 Å². The third-order valence-corrected chi connectivity index (χ3v) is 5.70. The van der Waals surface area contributed by atoms with Gasteiger partial charge in [-0.1, -0.05) is 63.0 Å². The third kappa shape index (κ3) is 7.61. The van der Waals surface area contributed by atoms with E-state index in [1.165, 1.54) is 5.57 Å². The van der Waals surface area contributed by atoms with Crippen LogP contribution in [-0.2, 0) is 0 Å². The summed E-state index contributed by atoms with van der Waals surface area (Å²) in [4.78, 5) is 2.33. The molecule has 0 aromatic heterocycles. The highest BCUT2D eigenvalue weighted by molar-refractivity contribution is 5.35. The molecule has 0 aromatic carbocycles. The lowest BCUT2D eigenvalue weighted by Crippen LogP contribution is -2.33. The summed E-state index contributed by atoms with van der Waals surface area (Å²) in [7, 11) is 0. The van der Waals surface area contributed by atoms with Gasteiger partial charge in [0.05, 0.1) is 6.04 Å². The molecule has 0 aliphatic rings. The van der Waals surface area contributed by atoms with Gasteiger partial charge in [0.2, 0.25) is 0 Å². The van der Waals surface area contributed by atoms with E-state index in [1.54, 1.807) is 0 Å². The van der Waals surface area contributed by atoms with Gasteiger partial charge in [0.1, 0.15) is 0 Å². The molecule has 0 heterocycles. The van der Waals surface area contributed by atoms with Gasteiger partial charge in [-0.25, -0.2) is 0 Å². The van der Waals surface area contributed by atoms with E-state index in [-0.39, 0.29) is 6.04 Å². The minimum atomic E-state index is 0.203. The zero-order valence-electron chi connectivity index (χ0n) is 20.3. The summed E-state index contributed by atoms with van der Waals surface area (Å²) in [6, 6.07) is 0.203. The molecule has 3 unspecified atom stereocenters. The molecule has 2 N–H and O–H groups in total. The molecule has 0 radical (unpaired) electrons. The van der Waals surface area contributed by atoms with E-state index in [1.807, 2.05) is 19.1 Å². The Hall–Kier alpha value is -2.22. The topological polar surface area (TPSA) is 29.3 Å². The SMILES string of the molecule is C=C/C(=C\C)N(/C(=C/C)C(=C)C)C(C)/C(C)=C\C(CC)C(C)/C=C(C)\C(N)=C/C. The first-order valence-corrected chi connectivity index (χ1v) is 10.8. The van der Waals surface area contributed by atoms with Crippen LogP contribution in [-0.4, -0.2) is 10.9 Å². The Kier molecular flexibility index (Phi) is 12.1. The van der Waals surface area contributed by atoms with Gasteiger partial charge in [0.15, 0.2) is 0 Å². The maximum absolute atomic E-state index is 6.08. The number of nitrogens with zero attached hydrogens (tertiary/aromatic N) is 1. The molecule has 162 valence electrons. The van der Waals surface area contributed by atoms with Crippen molar-refractivity contribution in [2.24, 2.45) is 17.6 Å². The van der Waals surface area contributed by atoms with Gasteiger partial charge in [-0.05, 0) is 83.9 Å². The Balaban J connectivity index is 6.03. The van der Waals surface area contributed by atoms with Gasteiger partial charge in [0, 0.05) is 17.1 Å². The number of allylic oxidation sites excluding steroid dienone is 8. The largest absolute Gasteiger partial charge is 0.399 e. The van der Waals surface area contributed by atoms with Crippen molar-refractivity contribution in [3.63, 3.8) is 0 Å². The number of nitrogens with two attached hydrogens (primary N) is 1. The van der Waals surface area contributed by atoms with E-state index < -0.39 is 0 Å². The summed E-state index contributed by atoms with van der Waals surface area (Å²) in [6.07, 6.45) is 13.9. The Morgan fingerprint density at radius 2 is 1.59 bits per heavy atom. The van der Waals surface area contributed by atoms with Crippen LogP contribution < -0.4 is 5.73 Å². The normalized spacial score (nSPS) is 17.6. The molecule has 0 saturated carbocycles. The van der Waals surface area contributed by atoms with Gasteiger partial charge in [-0.2, -0.15) is 0 Å². The highest BCUT2D eigenvalue weighted by atomic mass is 15.2. The average molecular weight is 397 g/mol. The van der Waals surface area contributed by atoms with Gasteiger partial charge in [0.25, 0.3) is 0 Å². The highest BCUT2D eigenvalue weighted by Crippen LogP contribution is 2.29. The van der Waals surface area contributed by atoms with Gasteiger partial charge >= 0.3 is 0 Å². The quantitative estimate of drug-likeness (QED) is 0.287. The first-order chi connectivity index (χ1) is 13.6. The van der Waals surface area contributed by atoms with E-state index >= 15 is 0 Å². The molecule has 0 aromatic rings. The predicted octanol–water partition coefficient (Wildman–Crippen LogP) is 7.66. The smallest absolute Gasteiger partial charge is 0.0520 e. The minimum Gasteiger partial charge on any atom is -0.399 e. The number of rotatable bonds is 11. The van der Waals surface area contributed by atoms with Crippen molar-refractivity contribution in [3.8, 4) is 0 Å². The molecule has 0 bridgehead atoms. The van der Waals surface area contributed by atoms with Crippen molar-refractivity contribution in [1.82, 2.24) is 4.90 Å². The van der Waals surface area contributed by atoms with Crippen molar-refractivity contribution < 1.29 is 0 Å². The van der Waals surface area contributed by atoms with E-state index in [9.17, 15) is 0 Å². The van der Waals surface area contributed by atoms with Gasteiger partial charge < -0.3 is 10.6 Å². The first kappa shape index (κ1) is 26.8. The van der Waals surface area contributed by atoms with Crippen molar-refractivity contribution in [1.29, 1.82) is 0 Å². The van der Waals surface area contributed by atoms with Crippen LogP contribution in [0, 0.1) is 11.8 Å². The minimum absolute atomic E-state index is 0.203. The van der Waals surface area contributed by atoms with Crippen molar-refractivity contribution in [2.75, 3.05) is 0 Å². The van der Waals surface area contributed by atoms with E-state index in [4.69, 9.17) is 5.73 Å². The Morgan fingerprint density at radius 1 is 1.00 bits per heavy atom. The van der Waals surface area contributed by atoms with E-state index in [2.05, 4.69) is 97.8 Å². The summed E-state index contributed by atoms with van der Waals surface area (Å²) in [5.74, 6) is 0.868. The molecule has 0 spiro atoms. The Bertz CT molecular complexity index is 713. The summed E-state index contributed by atoms with van der Waals surface area (Å²) >= 11 is 0. The lowest BCUT2D eigenvalue weighted by Gasteiger charge is -2.36. The third-order valence-electron chi connectivity index (χ3n) is 5.70. The maximum Gasteiger partial charge on any atom is 0.0520 e. The molecule has 0 rings (SSSR count). The fourth-order valence-electron chi connectivity index (χ4n) is 3.68. The molecule has 2 nitrogen and oxygen atoms in total. The standard InChI is InChI=1S/C27H44N2/c1-12-24(21(9)17-22(10)26(28)15-4)18-20(8)23(11)29(25(13-2)14-3)27(16-5)19(6)7/h13-18,21,23-24H,2,6,12,28H2,1,3-5,7-11H3/b20-18-,22-17-,25-14+,26-15+,27-16+.